The molecule has 1 aromatic carbocycles. The molecule has 0 radical (unpaired) electrons. The summed E-state index contributed by atoms with van der Waals surface area (Å²) in [6.45, 7) is 0. The van der Waals surface area contributed by atoms with Crippen LogP contribution in [-0.4, -0.2) is 18.3 Å². The van der Waals surface area contributed by atoms with Gasteiger partial charge in [-0.25, -0.2) is 0 Å². The predicted molar refractivity (Wildman–Crippen MR) is 59.8 cm³/mol. The molecule has 0 unspecified atom stereocenters. The van der Waals surface area contributed by atoms with Crippen molar-refractivity contribution in [2.24, 2.45) is 0 Å². The summed E-state index contributed by atoms with van der Waals surface area (Å²) in [5, 5.41) is 10.0. The van der Waals surface area contributed by atoms with Gasteiger partial charge in [0.1, 0.15) is 0 Å². The smallest absolute Gasteiger partial charge is 0.161 e. The van der Waals surface area contributed by atoms with E-state index >= 15 is 0 Å². The second kappa shape index (κ2) is 3.39. The van der Waals surface area contributed by atoms with Crippen molar-refractivity contribution in [1.82, 2.24) is 0 Å². The molecular formula is C13H16O3. The molecule has 2 fully saturated rings. The summed E-state index contributed by atoms with van der Waals surface area (Å²) in [6.07, 6.45) is 4.29. The van der Waals surface area contributed by atoms with E-state index in [4.69, 9.17) is 9.47 Å². The maximum Gasteiger partial charge on any atom is 0.161 e. The van der Waals surface area contributed by atoms with Gasteiger partial charge in [0.25, 0.3) is 0 Å². The lowest BCUT2D eigenvalue weighted by molar-refractivity contribution is 0.150. The predicted octanol–water partition coefficient (Wildman–Crippen LogP) is 2.22. The molecule has 0 atom stereocenters. The minimum atomic E-state index is -0.603. The van der Waals surface area contributed by atoms with Crippen molar-refractivity contribution in [3.8, 4) is 11.5 Å². The lowest BCUT2D eigenvalue weighted by Crippen LogP contribution is -2.06. The fraction of sp³-hybridized carbons (Fsp3) is 0.538. The first-order valence-electron chi connectivity index (χ1n) is 5.79. The molecule has 16 heavy (non-hydrogen) atoms. The highest BCUT2D eigenvalue weighted by atomic mass is 16.5. The van der Waals surface area contributed by atoms with Crippen LogP contribution in [0.4, 0.5) is 0 Å². The molecule has 0 heterocycles. The molecule has 0 amide bonds. The maximum absolute atomic E-state index is 10.0. The van der Waals surface area contributed by atoms with Crippen molar-refractivity contribution >= 4 is 0 Å². The number of rotatable bonds is 4. The van der Waals surface area contributed by atoms with Crippen LogP contribution in [0, 0.1) is 0 Å². The minimum Gasteiger partial charge on any atom is -0.493 e. The van der Waals surface area contributed by atoms with Crippen molar-refractivity contribution in [3.05, 3.63) is 23.8 Å². The Morgan fingerprint density at radius 3 is 2.56 bits per heavy atom. The summed E-state index contributed by atoms with van der Waals surface area (Å²) in [7, 11) is 1.64. The van der Waals surface area contributed by atoms with Gasteiger partial charge < -0.3 is 14.6 Å². The van der Waals surface area contributed by atoms with Gasteiger partial charge in [-0.15, -0.1) is 0 Å². The average Bonchev–Trinajstić information content (AvgIpc) is 3.17. The first-order valence-corrected chi connectivity index (χ1v) is 5.79. The SMILES string of the molecule is COc1ccc(C2(O)CC2)cc1OC1CC1. The van der Waals surface area contributed by atoms with Gasteiger partial charge in [-0.05, 0) is 43.4 Å². The van der Waals surface area contributed by atoms with Crippen LogP contribution in [0.5, 0.6) is 11.5 Å². The molecule has 1 N–H and O–H groups in total. The molecule has 2 aliphatic rings. The van der Waals surface area contributed by atoms with E-state index in [9.17, 15) is 5.11 Å². The molecule has 0 aliphatic heterocycles. The molecule has 3 heteroatoms. The van der Waals surface area contributed by atoms with E-state index in [0.29, 0.717) is 6.10 Å². The van der Waals surface area contributed by atoms with Crippen LogP contribution in [0.25, 0.3) is 0 Å². The summed E-state index contributed by atoms with van der Waals surface area (Å²) >= 11 is 0. The molecule has 0 spiro atoms. The highest BCUT2D eigenvalue weighted by Gasteiger charge is 2.42. The number of hydrogen-bond acceptors (Lipinski definition) is 3. The zero-order valence-electron chi connectivity index (χ0n) is 9.40. The molecule has 2 saturated carbocycles. The number of benzene rings is 1. The standard InChI is InChI=1S/C13H16O3/c1-15-11-5-2-9(13(14)6-7-13)8-12(11)16-10-3-4-10/h2,5,8,10,14H,3-4,6-7H2,1H3. The van der Waals surface area contributed by atoms with Gasteiger partial charge in [0, 0.05) is 0 Å². The van der Waals surface area contributed by atoms with Gasteiger partial charge in [-0.3, -0.25) is 0 Å². The lowest BCUT2D eigenvalue weighted by atomic mass is 10.1. The van der Waals surface area contributed by atoms with Crippen LogP contribution in [0.2, 0.25) is 0 Å². The quantitative estimate of drug-likeness (QED) is 0.845. The van der Waals surface area contributed by atoms with Crippen molar-refractivity contribution in [1.29, 1.82) is 0 Å². The van der Waals surface area contributed by atoms with Crippen molar-refractivity contribution in [2.45, 2.75) is 37.4 Å². The van der Waals surface area contributed by atoms with Crippen molar-refractivity contribution in [3.63, 3.8) is 0 Å². The Bertz CT molecular complexity index is 406. The molecule has 3 nitrogen and oxygen atoms in total. The lowest BCUT2D eigenvalue weighted by Gasteiger charge is -2.14. The van der Waals surface area contributed by atoms with E-state index < -0.39 is 5.60 Å². The second-order valence-corrected chi connectivity index (χ2v) is 4.71. The van der Waals surface area contributed by atoms with E-state index in [1.807, 2.05) is 18.2 Å². The first kappa shape index (κ1) is 9.97. The molecule has 1 aromatic rings. The van der Waals surface area contributed by atoms with Crippen molar-refractivity contribution in [2.75, 3.05) is 7.11 Å². The number of ether oxygens (including phenoxy) is 2. The summed E-state index contributed by atoms with van der Waals surface area (Å²) in [5.41, 5.74) is 0.345. The van der Waals surface area contributed by atoms with Gasteiger partial charge in [0.2, 0.25) is 0 Å². The molecule has 2 aliphatic carbocycles. The third-order valence-corrected chi connectivity index (χ3v) is 3.24. The average molecular weight is 220 g/mol. The van der Waals surface area contributed by atoms with E-state index in [0.717, 1.165) is 42.7 Å². The van der Waals surface area contributed by atoms with Crippen LogP contribution in [0.3, 0.4) is 0 Å². The zero-order valence-corrected chi connectivity index (χ0v) is 9.40. The van der Waals surface area contributed by atoms with E-state index in [2.05, 4.69) is 0 Å². The van der Waals surface area contributed by atoms with Gasteiger partial charge in [0.15, 0.2) is 11.5 Å². The van der Waals surface area contributed by atoms with Crippen LogP contribution in [0.15, 0.2) is 18.2 Å². The van der Waals surface area contributed by atoms with Gasteiger partial charge in [-0.2, -0.15) is 0 Å². The van der Waals surface area contributed by atoms with Gasteiger partial charge in [0.05, 0.1) is 18.8 Å². The van der Waals surface area contributed by atoms with E-state index in [1.54, 1.807) is 7.11 Å². The van der Waals surface area contributed by atoms with E-state index in [-0.39, 0.29) is 0 Å². The van der Waals surface area contributed by atoms with Crippen LogP contribution in [0.1, 0.15) is 31.2 Å². The highest BCUT2D eigenvalue weighted by Crippen LogP contribution is 2.47. The Hall–Kier alpha value is -1.22. The second-order valence-electron chi connectivity index (χ2n) is 4.71. The third kappa shape index (κ3) is 1.76. The summed E-state index contributed by atoms with van der Waals surface area (Å²) < 4.78 is 11.0. The fourth-order valence-corrected chi connectivity index (χ4v) is 1.83. The molecular weight excluding hydrogens is 204 g/mol. The number of aliphatic hydroxyl groups is 1. The zero-order chi connectivity index (χ0) is 11.2. The van der Waals surface area contributed by atoms with E-state index in [1.165, 1.54) is 0 Å². The fourth-order valence-electron chi connectivity index (χ4n) is 1.83. The van der Waals surface area contributed by atoms with Gasteiger partial charge >= 0.3 is 0 Å². The Labute approximate surface area is 95.0 Å². The Morgan fingerprint density at radius 1 is 1.25 bits per heavy atom. The monoisotopic (exact) mass is 220 g/mol. The highest BCUT2D eigenvalue weighted by molar-refractivity contribution is 5.46. The third-order valence-electron chi connectivity index (χ3n) is 3.24. The summed E-state index contributed by atoms with van der Waals surface area (Å²) in [4.78, 5) is 0. The molecule has 0 saturated heterocycles. The maximum atomic E-state index is 10.0. The summed E-state index contributed by atoms with van der Waals surface area (Å²) in [5.74, 6) is 1.52. The number of methoxy groups -OCH3 is 1. The van der Waals surface area contributed by atoms with Crippen molar-refractivity contribution < 1.29 is 14.6 Å². The first-order chi connectivity index (χ1) is 7.71. The molecule has 0 bridgehead atoms. The molecule has 3 rings (SSSR count). The molecule has 86 valence electrons. The van der Waals surface area contributed by atoms with Crippen LogP contribution >= 0.6 is 0 Å². The van der Waals surface area contributed by atoms with Crippen LogP contribution in [-0.2, 0) is 5.60 Å². The minimum absolute atomic E-state index is 0.345. The Kier molecular flexibility index (Phi) is 2.11. The van der Waals surface area contributed by atoms with Gasteiger partial charge in [-0.1, -0.05) is 6.07 Å². The summed E-state index contributed by atoms with van der Waals surface area (Å²) in [6, 6.07) is 5.72. The topological polar surface area (TPSA) is 38.7 Å². The Balaban J connectivity index is 1.91. The number of hydrogen-bond donors (Lipinski definition) is 1. The Morgan fingerprint density at radius 2 is 2.00 bits per heavy atom. The normalized spacial score (nSPS) is 21.6. The molecule has 0 aromatic heterocycles. The van der Waals surface area contributed by atoms with Crippen LogP contribution < -0.4 is 9.47 Å². The largest absolute Gasteiger partial charge is 0.493 e.